The van der Waals surface area contributed by atoms with Gasteiger partial charge in [0.05, 0.1) is 11.8 Å². The SMILES string of the molecule is CC1(C)CCCC(O)(c2cncc(F)c2)C1. The van der Waals surface area contributed by atoms with Crippen molar-refractivity contribution in [3.63, 3.8) is 0 Å². The van der Waals surface area contributed by atoms with Gasteiger partial charge in [-0.2, -0.15) is 0 Å². The van der Waals surface area contributed by atoms with Gasteiger partial charge in [-0.25, -0.2) is 4.39 Å². The third-order valence-corrected chi connectivity index (χ3v) is 3.46. The van der Waals surface area contributed by atoms with Crippen LogP contribution in [-0.4, -0.2) is 10.1 Å². The molecule has 0 saturated heterocycles. The van der Waals surface area contributed by atoms with Crippen LogP contribution in [0, 0.1) is 11.2 Å². The zero-order chi connectivity index (χ0) is 11.8. The van der Waals surface area contributed by atoms with Crippen LogP contribution in [-0.2, 0) is 5.60 Å². The molecular weight excluding hydrogens is 205 g/mol. The fourth-order valence-electron chi connectivity index (χ4n) is 2.74. The van der Waals surface area contributed by atoms with Gasteiger partial charge in [0.2, 0.25) is 0 Å². The van der Waals surface area contributed by atoms with E-state index in [9.17, 15) is 9.50 Å². The van der Waals surface area contributed by atoms with Crippen molar-refractivity contribution in [1.82, 2.24) is 4.98 Å². The maximum atomic E-state index is 13.1. The van der Waals surface area contributed by atoms with E-state index in [1.54, 1.807) is 6.20 Å². The molecule has 0 amide bonds. The number of pyridine rings is 1. The number of hydrogen-bond donors (Lipinski definition) is 1. The minimum atomic E-state index is -0.906. The predicted octanol–water partition coefficient (Wildman–Crippen LogP) is 3.01. The van der Waals surface area contributed by atoms with Crippen molar-refractivity contribution in [2.24, 2.45) is 5.41 Å². The van der Waals surface area contributed by atoms with E-state index in [-0.39, 0.29) is 11.2 Å². The lowest BCUT2D eigenvalue weighted by molar-refractivity contribution is -0.0444. The zero-order valence-electron chi connectivity index (χ0n) is 9.83. The summed E-state index contributed by atoms with van der Waals surface area (Å²) in [6.45, 7) is 4.29. The van der Waals surface area contributed by atoms with Gasteiger partial charge in [-0.05, 0) is 37.2 Å². The van der Waals surface area contributed by atoms with Crippen molar-refractivity contribution in [3.05, 3.63) is 29.8 Å². The summed E-state index contributed by atoms with van der Waals surface area (Å²) in [5.74, 6) is -0.380. The fraction of sp³-hybridized carbons (Fsp3) is 0.615. The van der Waals surface area contributed by atoms with Crippen molar-refractivity contribution in [2.45, 2.75) is 45.1 Å². The molecule has 1 N–H and O–H groups in total. The highest BCUT2D eigenvalue weighted by atomic mass is 19.1. The normalized spacial score (nSPS) is 29.0. The molecule has 1 aliphatic carbocycles. The Bertz CT molecular complexity index is 391. The zero-order valence-corrected chi connectivity index (χ0v) is 9.83. The Morgan fingerprint density at radius 1 is 1.31 bits per heavy atom. The van der Waals surface area contributed by atoms with Gasteiger partial charge < -0.3 is 5.11 Å². The number of aromatic nitrogens is 1. The van der Waals surface area contributed by atoms with Gasteiger partial charge in [0.15, 0.2) is 0 Å². The van der Waals surface area contributed by atoms with Gasteiger partial charge in [-0.1, -0.05) is 13.8 Å². The second-order valence-corrected chi connectivity index (χ2v) is 5.62. The van der Waals surface area contributed by atoms with Gasteiger partial charge >= 0.3 is 0 Å². The summed E-state index contributed by atoms with van der Waals surface area (Å²) < 4.78 is 13.1. The Hall–Kier alpha value is -0.960. The van der Waals surface area contributed by atoms with Crippen LogP contribution in [0.3, 0.4) is 0 Å². The Morgan fingerprint density at radius 2 is 2.06 bits per heavy atom. The van der Waals surface area contributed by atoms with Crippen molar-refractivity contribution in [3.8, 4) is 0 Å². The molecule has 0 aromatic carbocycles. The number of nitrogens with zero attached hydrogens (tertiary/aromatic N) is 1. The summed E-state index contributed by atoms with van der Waals surface area (Å²) >= 11 is 0. The number of hydrogen-bond acceptors (Lipinski definition) is 2. The number of halogens is 1. The lowest BCUT2D eigenvalue weighted by atomic mass is 9.68. The lowest BCUT2D eigenvalue weighted by Crippen LogP contribution is -2.36. The molecule has 1 unspecified atom stereocenters. The summed E-state index contributed by atoms with van der Waals surface area (Å²) in [5, 5.41) is 10.6. The third-order valence-electron chi connectivity index (χ3n) is 3.46. The first-order valence-corrected chi connectivity index (χ1v) is 5.75. The molecule has 1 saturated carbocycles. The average molecular weight is 223 g/mol. The minimum absolute atomic E-state index is 0.110. The van der Waals surface area contributed by atoms with Crippen LogP contribution in [0.4, 0.5) is 4.39 Å². The van der Waals surface area contributed by atoms with Gasteiger partial charge in [-0.3, -0.25) is 4.98 Å². The molecule has 1 atom stereocenters. The molecule has 1 aromatic heterocycles. The molecule has 2 nitrogen and oxygen atoms in total. The maximum Gasteiger partial charge on any atom is 0.141 e. The van der Waals surface area contributed by atoms with E-state index in [4.69, 9.17) is 0 Å². The number of aliphatic hydroxyl groups is 1. The predicted molar refractivity (Wildman–Crippen MR) is 60.3 cm³/mol. The fourth-order valence-corrected chi connectivity index (χ4v) is 2.74. The molecule has 1 aromatic rings. The molecule has 2 rings (SSSR count). The first-order chi connectivity index (χ1) is 7.41. The van der Waals surface area contributed by atoms with Crippen LogP contribution in [0.2, 0.25) is 0 Å². The van der Waals surface area contributed by atoms with Gasteiger partial charge in [0.25, 0.3) is 0 Å². The standard InChI is InChI=1S/C13H18FNO/c1-12(2)4-3-5-13(16,9-12)10-6-11(14)8-15-7-10/h6-8,16H,3-5,9H2,1-2H3. The van der Waals surface area contributed by atoms with Crippen LogP contribution in [0.5, 0.6) is 0 Å². The summed E-state index contributed by atoms with van der Waals surface area (Å²) in [7, 11) is 0. The first-order valence-electron chi connectivity index (χ1n) is 5.75. The molecule has 0 radical (unpaired) electrons. The molecule has 1 fully saturated rings. The molecule has 88 valence electrons. The van der Waals surface area contributed by atoms with Crippen LogP contribution in [0.1, 0.15) is 45.1 Å². The third kappa shape index (κ3) is 2.24. The summed E-state index contributed by atoms with van der Waals surface area (Å²) in [5.41, 5.74) is -0.184. The Labute approximate surface area is 95.5 Å². The van der Waals surface area contributed by atoms with Gasteiger partial charge in [0, 0.05) is 11.8 Å². The molecule has 16 heavy (non-hydrogen) atoms. The van der Waals surface area contributed by atoms with E-state index in [1.165, 1.54) is 12.3 Å². The molecule has 0 spiro atoms. The first kappa shape index (κ1) is 11.5. The van der Waals surface area contributed by atoms with Gasteiger partial charge in [-0.15, -0.1) is 0 Å². The Balaban J connectivity index is 2.31. The molecular formula is C13H18FNO. The molecule has 1 aliphatic rings. The summed E-state index contributed by atoms with van der Waals surface area (Å²) in [6.07, 6.45) is 6.19. The van der Waals surface area contributed by atoms with E-state index >= 15 is 0 Å². The lowest BCUT2D eigenvalue weighted by Gasteiger charge is -2.41. The van der Waals surface area contributed by atoms with E-state index in [0.717, 1.165) is 12.8 Å². The molecule has 3 heteroatoms. The minimum Gasteiger partial charge on any atom is -0.385 e. The quantitative estimate of drug-likeness (QED) is 0.794. The highest BCUT2D eigenvalue weighted by molar-refractivity contribution is 5.20. The molecule has 0 bridgehead atoms. The number of rotatable bonds is 1. The second kappa shape index (κ2) is 3.81. The maximum absolute atomic E-state index is 13.1. The highest BCUT2D eigenvalue weighted by Gasteiger charge is 2.39. The highest BCUT2D eigenvalue weighted by Crippen LogP contribution is 2.45. The van der Waals surface area contributed by atoms with Gasteiger partial charge in [0.1, 0.15) is 5.82 Å². The van der Waals surface area contributed by atoms with E-state index in [2.05, 4.69) is 18.8 Å². The van der Waals surface area contributed by atoms with E-state index in [1.807, 2.05) is 0 Å². The van der Waals surface area contributed by atoms with Crippen LogP contribution < -0.4 is 0 Å². The average Bonchev–Trinajstić information content (AvgIpc) is 2.15. The largest absolute Gasteiger partial charge is 0.385 e. The Kier molecular flexibility index (Phi) is 2.74. The molecule has 0 aliphatic heterocycles. The van der Waals surface area contributed by atoms with E-state index in [0.29, 0.717) is 18.4 Å². The topological polar surface area (TPSA) is 33.1 Å². The van der Waals surface area contributed by atoms with Crippen molar-refractivity contribution in [2.75, 3.05) is 0 Å². The van der Waals surface area contributed by atoms with Crippen molar-refractivity contribution >= 4 is 0 Å². The summed E-state index contributed by atoms with van der Waals surface area (Å²) in [6, 6.07) is 1.40. The second-order valence-electron chi connectivity index (χ2n) is 5.62. The van der Waals surface area contributed by atoms with Crippen LogP contribution in [0.25, 0.3) is 0 Å². The van der Waals surface area contributed by atoms with Crippen LogP contribution >= 0.6 is 0 Å². The van der Waals surface area contributed by atoms with Crippen molar-refractivity contribution in [1.29, 1.82) is 0 Å². The monoisotopic (exact) mass is 223 g/mol. The van der Waals surface area contributed by atoms with E-state index < -0.39 is 5.60 Å². The Morgan fingerprint density at radius 3 is 2.69 bits per heavy atom. The summed E-state index contributed by atoms with van der Waals surface area (Å²) in [4.78, 5) is 3.82. The van der Waals surface area contributed by atoms with Crippen LogP contribution in [0.15, 0.2) is 18.5 Å². The molecule has 1 heterocycles. The van der Waals surface area contributed by atoms with Crippen molar-refractivity contribution < 1.29 is 9.50 Å². The smallest absolute Gasteiger partial charge is 0.141 e.